The minimum Gasteiger partial charge on any atom is -0.250 e. The average molecular weight is 230 g/mol. The van der Waals surface area contributed by atoms with Gasteiger partial charge in [0.15, 0.2) is 0 Å². The van der Waals surface area contributed by atoms with Crippen LogP contribution >= 0.6 is 11.8 Å². The van der Waals surface area contributed by atoms with Gasteiger partial charge in [-0.3, -0.25) is 0 Å². The van der Waals surface area contributed by atoms with Gasteiger partial charge in [-0.25, -0.2) is 9.37 Å². The monoisotopic (exact) mass is 230 g/mol. The minimum absolute atomic E-state index is 0.318. The highest BCUT2D eigenvalue weighted by molar-refractivity contribution is 7.99. The summed E-state index contributed by atoms with van der Waals surface area (Å²) in [7, 11) is 0. The molecule has 0 atom stereocenters. The largest absolute Gasteiger partial charge is 0.250 e. The summed E-state index contributed by atoms with van der Waals surface area (Å²) in [4.78, 5) is 4.79. The number of halogens is 1. The molecule has 0 fully saturated rings. The number of benzene rings is 1. The van der Waals surface area contributed by atoms with E-state index in [2.05, 4.69) is 4.98 Å². The molecular formula is C12H7FN2S. The zero-order valence-electron chi connectivity index (χ0n) is 8.22. The molecule has 4 heteroatoms. The zero-order chi connectivity index (χ0) is 11.4. The Morgan fingerprint density at radius 1 is 1.25 bits per heavy atom. The Bertz CT molecular complexity index is 534. The molecule has 16 heavy (non-hydrogen) atoms. The fourth-order valence-electron chi connectivity index (χ4n) is 1.21. The van der Waals surface area contributed by atoms with Crippen molar-refractivity contribution >= 4 is 11.8 Å². The molecule has 78 valence electrons. The van der Waals surface area contributed by atoms with Crippen molar-refractivity contribution in [3.8, 4) is 6.07 Å². The van der Waals surface area contributed by atoms with Gasteiger partial charge in [0.25, 0.3) is 0 Å². The van der Waals surface area contributed by atoms with Crippen molar-refractivity contribution in [2.24, 2.45) is 0 Å². The number of pyridine rings is 1. The molecule has 0 saturated carbocycles. The third kappa shape index (κ3) is 2.59. The smallest absolute Gasteiger partial charge is 0.125 e. The molecule has 1 aromatic carbocycles. The Morgan fingerprint density at radius 3 is 2.81 bits per heavy atom. The second-order valence-electron chi connectivity index (χ2n) is 3.06. The minimum atomic E-state index is -0.405. The molecule has 1 aromatic heterocycles. The molecule has 0 aliphatic rings. The van der Waals surface area contributed by atoms with Gasteiger partial charge in [0.05, 0.1) is 11.6 Å². The third-order valence-corrected chi connectivity index (χ3v) is 2.78. The Morgan fingerprint density at radius 2 is 2.12 bits per heavy atom. The molecular weight excluding hydrogens is 223 g/mol. The highest BCUT2D eigenvalue weighted by Gasteiger charge is 2.02. The van der Waals surface area contributed by atoms with E-state index < -0.39 is 5.82 Å². The molecule has 0 bridgehead atoms. The highest BCUT2D eigenvalue weighted by Crippen LogP contribution is 2.26. The van der Waals surface area contributed by atoms with Crippen LogP contribution in [-0.4, -0.2) is 4.98 Å². The van der Waals surface area contributed by atoms with Crippen LogP contribution in [0.2, 0.25) is 0 Å². The molecule has 2 aromatic rings. The first-order valence-electron chi connectivity index (χ1n) is 4.57. The Kier molecular flexibility index (Phi) is 3.18. The first-order valence-corrected chi connectivity index (χ1v) is 5.39. The van der Waals surface area contributed by atoms with Crippen molar-refractivity contribution in [1.82, 2.24) is 4.98 Å². The van der Waals surface area contributed by atoms with Crippen LogP contribution in [0.4, 0.5) is 4.39 Å². The van der Waals surface area contributed by atoms with Crippen LogP contribution < -0.4 is 0 Å². The van der Waals surface area contributed by atoms with E-state index in [1.54, 1.807) is 12.3 Å². The molecule has 2 rings (SSSR count). The summed E-state index contributed by atoms with van der Waals surface area (Å²) in [5.74, 6) is -0.405. The molecule has 0 saturated heterocycles. The van der Waals surface area contributed by atoms with E-state index in [9.17, 15) is 4.39 Å². The molecule has 0 aliphatic heterocycles. The number of hydrogen-bond donors (Lipinski definition) is 0. The van der Waals surface area contributed by atoms with Crippen LogP contribution in [0.25, 0.3) is 0 Å². The van der Waals surface area contributed by atoms with E-state index in [-0.39, 0.29) is 0 Å². The van der Waals surface area contributed by atoms with Crippen LogP contribution in [0.1, 0.15) is 5.56 Å². The fraction of sp³-hybridized carbons (Fsp3) is 0. The van der Waals surface area contributed by atoms with Crippen molar-refractivity contribution in [1.29, 1.82) is 5.26 Å². The Hall–Kier alpha value is -1.86. The first-order chi connectivity index (χ1) is 7.78. The number of hydrogen-bond acceptors (Lipinski definition) is 3. The van der Waals surface area contributed by atoms with Gasteiger partial charge in [-0.15, -0.1) is 0 Å². The van der Waals surface area contributed by atoms with Gasteiger partial charge in [0, 0.05) is 11.1 Å². The van der Waals surface area contributed by atoms with E-state index >= 15 is 0 Å². The van der Waals surface area contributed by atoms with Gasteiger partial charge in [0.1, 0.15) is 10.8 Å². The van der Waals surface area contributed by atoms with Crippen LogP contribution in [-0.2, 0) is 0 Å². The molecule has 0 N–H and O–H groups in total. The Balaban J connectivity index is 2.29. The fourth-order valence-corrected chi connectivity index (χ4v) is 2.07. The van der Waals surface area contributed by atoms with Gasteiger partial charge < -0.3 is 0 Å². The molecule has 1 heterocycles. The van der Waals surface area contributed by atoms with Crippen molar-refractivity contribution in [2.45, 2.75) is 9.92 Å². The van der Waals surface area contributed by atoms with Gasteiger partial charge in [-0.1, -0.05) is 17.8 Å². The van der Waals surface area contributed by atoms with Gasteiger partial charge in [0.2, 0.25) is 0 Å². The van der Waals surface area contributed by atoms with E-state index in [1.165, 1.54) is 23.9 Å². The Labute approximate surface area is 96.8 Å². The number of nitriles is 1. The molecule has 0 spiro atoms. The quantitative estimate of drug-likeness (QED) is 0.794. The predicted octanol–water partition coefficient (Wildman–Crippen LogP) is 3.24. The van der Waals surface area contributed by atoms with Crippen molar-refractivity contribution in [3.05, 3.63) is 54.0 Å². The lowest BCUT2D eigenvalue weighted by Gasteiger charge is -2.01. The zero-order valence-corrected chi connectivity index (χ0v) is 9.04. The lowest BCUT2D eigenvalue weighted by molar-refractivity contribution is 0.623. The number of nitrogens with zero attached hydrogens (tertiary/aromatic N) is 2. The molecule has 0 radical (unpaired) electrons. The summed E-state index contributed by atoms with van der Waals surface area (Å²) < 4.78 is 13.1. The first kappa shape index (κ1) is 10.7. The van der Waals surface area contributed by atoms with Crippen molar-refractivity contribution < 1.29 is 4.39 Å². The van der Waals surface area contributed by atoms with Crippen LogP contribution in [0.3, 0.4) is 0 Å². The second kappa shape index (κ2) is 4.77. The highest BCUT2D eigenvalue weighted by atomic mass is 32.2. The second-order valence-corrected chi connectivity index (χ2v) is 4.15. The summed E-state index contributed by atoms with van der Waals surface area (Å²) in [5.41, 5.74) is 0.318. The van der Waals surface area contributed by atoms with Gasteiger partial charge >= 0.3 is 0 Å². The average Bonchev–Trinajstić information content (AvgIpc) is 2.29. The van der Waals surface area contributed by atoms with Gasteiger partial charge in [-0.2, -0.15) is 5.26 Å². The molecule has 2 nitrogen and oxygen atoms in total. The summed E-state index contributed by atoms with van der Waals surface area (Å²) in [6.07, 6.45) is 1.67. The topological polar surface area (TPSA) is 36.7 Å². The van der Waals surface area contributed by atoms with Crippen molar-refractivity contribution in [3.63, 3.8) is 0 Å². The molecule has 0 unspecified atom stereocenters. The summed E-state index contributed by atoms with van der Waals surface area (Å²) >= 11 is 1.33. The summed E-state index contributed by atoms with van der Waals surface area (Å²) in [6, 6.07) is 11.7. The number of rotatable bonds is 2. The lowest BCUT2D eigenvalue weighted by Crippen LogP contribution is -1.83. The van der Waals surface area contributed by atoms with E-state index in [0.29, 0.717) is 10.5 Å². The summed E-state index contributed by atoms with van der Waals surface area (Å²) in [6.45, 7) is 0. The summed E-state index contributed by atoms with van der Waals surface area (Å²) in [5, 5.41) is 9.49. The third-order valence-electron chi connectivity index (χ3n) is 1.86. The van der Waals surface area contributed by atoms with E-state index in [0.717, 1.165) is 5.03 Å². The molecule has 0 aliphatic carbocycles. The van der Waals surface area contributed by atoms with Gasteiger partial charge in [-0.05, 0) is 30.3 Å². The normalized spacial score (nSPS) is 9.75. The van der Waals surface area contributed by atoms with Crippen molar-refractivity contribution in [2.75, 3.05) is 0 Å². The van der Waals surface area contributed by atoms with Crippen LogP contribution in [0.5, 0.6) is 0 Å². The van der Waals surface area contributed by atoms with Crippen LogP contribution in [0.15, 0.2) is 52.5 Å². The molecule has 0 amide bonds. The van der Waals surface area contributed by atoms with E-state index in [4.69, 9.17) is 5.26 Å². The maximum absolute atomic E-state index is 13.1. The lowest BCUT2D eigenvalue weighted by atomic mass is 10.2. The predicted molar refractivity (Wildman–Crippen MR) is 59.5 cm³/mol. The van der Waals surface area contributed by atoms with E-state index in [1.807, 2.05) is 24.3 Å². The maximum Gasteiger partial charge on any atom is 0.125 e. The number of aromatic nitrogens is 1. The standard InChI is InChI=1S/C12H7FN2S/c13-10-5-9(8-14)6-11(7-10)16-12-3-1-2-4-15-12/h1-7H. The van der Waals surface area contributed by atoms with Crippen LogP contribution in [0, 0.1) is 17.1 Å². The maximum atomic E-state index is 13.1. The SMILES string of the molecule is N#Cc1cc(F)cc(Sc2ccccn2)c1.